The Labute approximate surface area is 198 Å². The van der Waals surface area contributed by atoms with Crippen molar-refractivity contribution in [3.63, 3.8) is 0 Å². The molecule has 3 aromatic rings. The van der Waals surface area contributed by atoms with Crippen LogP contribution in [0.4, 0.5) is 23.2 Å². The average molecular weight is 518 g/mol. The van der Waals surface area contributed by atoms with Crippen molar-refractivity contribution in [1.29, 1.82) is 0 Å². The van der Waals surface area contributed by atoms with Crippen LogP contribution in [-0.2, 0) is 45.4 Å². The fourth-order valence-corrected chi connectivity index (χ4v) is 2.39. The Morgan fingerprint density at radius 1 is 1.17 bits per heavy atom. The molecule has 0 fully saturated rings. The average Bonchev–Trinajstić information content (AvgIpc) is 3.07. The first-order valence-corrected chi connectivity index (χ1v) is 8.22. The van der Waals surface area contributed by atoms with Gasteiger partial charge in [-0.2, -0.15) is 18.3 Å². The first kappa shape index (κ1) is 26.0. The quantitative estimate of drug-likeness (QED) is 0.412. The number of hydrogen-bond acceptors (Lipinski definition) is 2. The zero-order valence-electron chi connectivity index (χ0n) is 15.0. The monoisotopic (exact) mass is 517 g/mol. The molecule has 0 amide bonds. The van der Waals surface area contributed by atoms with E-state index in [0.717, 1.165) is 22.9 Å². The van der Waals surface area contributed by atoms with Crippen molar-refractivity contribution in [2.75, 3.05) is 0 Å². The number of aromatic carboxylic acids is 1. The third-order valence-electron chi connectivity index (χ3n) is 3.51. The Morgan fingerprint density at radius 3 is 2.33 bits per heavy atom. The van der Waals surface area contributed by atoms with Crippen LogP contribution in [0, 0.1) is 5.82 Å². The third-order valence-corrected chi connectivity index (χ3v) is 3.74. The van der Waals surface area contributed by atoms with Gasteiger partial charge in [-0.3, -0.25) is 0 Å². The summed E-state index contributed by atoms with van der Waals surface area (Å²) in [6, 6.07) is 10.3. The molecule has 0 saturated carbocycles. The van der Waals surface area contributed by atoms with E-state index in [2.05, 4.69) is 5.10 Å². The van der Waals surface area contributed by atoms with Gasteiger partial charge < -0.3 is 16.6 Å². The molecule has 3 N–H and O–H groups in total. The summed E-state index contributed by atoms with van der Waals surface area (Å²) in [5.74, 6) is -2.19. The van der Waals surface area contributed by atoms with Gasteiger partial charge in [0.15, 0.2) is 5.69 Å². The van der Waals surface area contributed by atoms with Crippen molar-refractivity contribution in [3.05, 3.63) is 87.8 Å². The molecule has 0 bridgehead atoms. The maximum atomic E-state index is 12.6. The Balaban J connectivity index is 0.000000324. The second kappa shape index (κ2) is 10.9. The molecule has 0 aliphatic heterocycles. The van der Waals surface area contributed by atoms with Gasteiger partial charge in [-0.15, -0.1) is 12.2 Å². The van der Waals surface area contributed by atoms with Crippen molar-refractivity contribution < 1.29 is 60.2 Å². The largest absolute Gasteiger partial charge is 0.699 e. The number of aromatic nitrogens is 2. The van der Waals surface area contributed by atoms with Gasteiger partial charge in [0.25, 0.3) is 0 Å². The van der Waals surface area contributed by atoms with E-state index in [0.29, 0.717) is 10.7 Å². The number of carboxylic acid groups (broad SMARTS) is 1. The van der Waals surface area contributed by atoms with E-state index >= 15 is 0 Å². The molecular weight excluding hydrogens is 505 g/mol. The Hall–Kier alpha value is -2.01. The predicted octanol–water partition coefficient (Wildman–Crippen LogP) is 6.30. The number of nitrogens with zero attached hydrogens (tertiary/aromatic N) is 2. The molecular formula is C18H13ClF4N4O2Y-2. The number of rotatable bonds is 3. The molecule has 0 saturated heterocycles. The van der Waals surface area contributed by atoms with Crippen LogP contribution in [0.1, 0.15) is 21.7 Å². The van der Waals surface area contributed by atoms with Crippen molar-refractivity contribution in [1.82, 2.24) is 9.78 Å². The number of halogens is 5. The summed E-state index contributed by atoms with van der Waals surface area (Å²) >= 11 is 5.78. The first-order valence-electron chi connectivity index (χ1n) is 7.84. The van der Waals surface area contributed by atoms with E-state index in [-0.39, 0.29) is 50.6 Å². The molecule has 0 spiro atoms. The molecule has 3 rings (SSSR count). The summed E-state index contributed by atoms with van der Waals surface area (Å²) in [6.07, 6.45) is -4.52. The molecule has 0 aliphatic rings. The van der Waals surface area contributed by atoms with Crippen LogP contribution in [-0.4, -0.2) is 20.9 Å². The van der Waals surface area contributed by atoms with E-state index in [9.17, 15) is 22.4 Å². The summed E-state index contributed by atoms with van der Waals surface area (Å²) in [6.45, 7) is -0.296. The van der Waals surface area contributed by atoms with Crippen LogP contribution >= 0.6 is 11.6 Å². The van der Waals surface area contributed by atoms with Gasteiger partial charge in [-0.05, 0) is 36.4 Å². The second-order valence-corrected chi connectivity index (χ2v) is 6.02. The number of benzene rings is 2. The maximum absolute atomic E-state index is 12.6. The first-order chi connectivity index (χ1) is 13.5. The van der Waals surface area contributed by atoms with E-state index < -0.39 is 29.2 Å². The minimum atomic E-state index is -4.52. The van der Waals surface area contributed by atoms with Gasteiger partial charge in [-0.25, -0.2) is 13.9 Å². The Bertz CT molecular complexity index is 1030. The minimum Gasteiger partial charge on any atom is -0.699 e. The van der Waals surface area contributed by atoms with E-state index in [1.54, 1.807) is 18.2 Å². The molecule has 12 heteroatoms. The van der Waals surface area contributed by atoms with Gasteiger partial charge in [0.2, 0.25) is 0 Å². The van der Waals surface area contributed by atoms with Crippen LogP contribution < -0.4 is 0 Å². The topological polar surface area (TPSA) is 103 Å². The Kier molecular flexibility index (Phi) is 9.42. The van der Waals surface area contributed by atoms with Gasteiger partial charge in [0.1, 0.15) is 5.82 Å². The molecule has 1 heterocycles. The van der Waals surface area contributed by atoms with Gasteiger partial charge >= 0.3 is 12.1 Å². The normalized spacial score (nSPS) is 10.6. The fraction of sp³-hybridized carbons (Fsp3) is 0.111. The van der Waals surface area contributed by atoms with Crippen molar-refractivity contribution >= 4 is 23.3 Å². The smallest absolute Gasteiger partial charge is 0.435 e. The molecule has 0 atom stereocenters. The minimum absolute atomic E-state index is 0. The maximum Gasteiger partial charge on any atom is 0.435 e. The summed E-state index contributed by atoms with van der Waals surface area (Å²) in [4.78, 5) is 10.2. The number of hydrogen-bond donors (Lipinski definition) is 1. The second-order valence-electron chi connectivity index (χ2n) is 5.59. The summed E-state index contributed by atoms with van der Waals surface area (Å²) in [5.41, 5.74) is 13.3. The van der Waals surface area contributed by atoms with Gasteiger partial charge in [0, 0.05) is 43.4 Å². The Morgan fingerprint density at radius 2 is 1.83 bits per heavy atom. The van der Waals surface area contributed by atoms with Crippen LogP contribution in [0.2, 0.25) is 5.02 Å². The number of carboxylic acids is 1. The van der Waals surface area contributed by atoms with Crippen molar-refractivity contribution in [2.45, 2.75) is 12.7 Å². The number of alkyl halides is 3. The molecule has 30 heavy (non-hydrogen) atoms. The zero-order chi connectivity index (χ0) is 21.8. The molecule has 2 aromatic carbocycles. The fourth-order valence-electron chi connectivity index (χ4n) is 2.20. The van der Waals surface area contributed by atoms with Crippen molar-refractivity contribution in [3.8, 4) is 5.69 Å². The molecule has 1 radical (unpaired) electrons. The molecule has 1 aromatic heterocycles. The van der Waals surface area contributed by atoms with Crippen LogP contribution in [0.5, 0.6) is 0 Å². The molecule has 0 aliphatic carbocycles. The van der Waals surface area contributed by atoms with Crippen LogP contribution in [0.3, 0.4) is 0 Å². The van der Waals surface area contributed by atoms with Gasteiger partial charge in [-0.1, -0.05) is 23.7 Å². The molecule has 6 nitrogen and oxygen atoms in total. The summed E-state index contributed by atoms with van der Waals surface area (Å²) < 4.78 is 51.3. The summed E-state index contributed by atoms with van der Waals surface area (Å²) in [7, 11) is 0. The number of carbonyl (C=O) groups is 1. The van der Waals surface area contributed by atoms with Gasteiger partial charge in [0.05, 0.1) is 11.3 Å². The summed E-state index contributed by atoms with van der Waals surface area (Å²) in [5, 5.41) is 12.2. The van der Waals surface area contributed by atoms with E-state index in [1.165, 1.54) is 12.1 Å². The number of nitrogens with one attached hydrogen (secondary N) is 2. The van der Waals surface area contributed by atoms with E-state index in [4.69, 9.17) is 28.2 Å². The predicted molar refractivity (Wildman–Crippen MR) is 98.9 cm³/mol. The third kappa shape index (κ3) is 6.76. The van der Waals surface area contributed by atoms with Crippen molar-refractivity contribution in [2.24, 2.45) is 0 Å². The standard InChI is InChI=1S/C11H8ClF3N3.C7H5FNO2.Y/c12-7-2-1-3-8(4-7)18-9(6-16)5-10(17-18)11(13,14)15;8-6-3-4(9)1-2-5(6)7(10)11;/h1-5,16H,6H2;1-3,9H,(H,10,11);/q2*-1;. The van der Waals surface area contributed by atoms with E-state index in [1.807, 2.05) is 0 Å². The molecule has 157 valence electrons. The SMILES string of the molecule is [NH-]Cc1cc(C(F)(F)F)nn1-c1cccc(Cl)c1.[NH-]c1ccc(C(=O)O)c(F)c1.[Y]. The zero-order valence-corrected chi connectivity index (χ0v) is 18.6. The van der Waals surface area contributed by atoms with Crippen LogP contribution in [0.25, 0.3) is 17.2 Å². The van der Waals surface area contributed by atoms with Crippen LogP contribution in [0.15, 0.2) is 48.5 Å². The molecule has 0 unspecified atom stereocenters.